The fourth-order valence-electron chi connectivity index (χ4n) is 2.99. The second-order valence-electron chi connectivity index (χ2n) is 6.63. The molecule has 3 fully saturated rings. The van der Waals surface area contributed by atoms with E-state index in [9.17, 15) is 0 Å². The second kappa shape index (κ2) is 17.1. The number of thioether (sulfide) groups is 4. The Bertz CT molecular complexity index is 248. The first kappa shape index (κ1) is 23.5. The molecular formula is C18H38N4S4. The van der Waals surface area contributed by atoms with Crippen molar-refractivity contribution < 1.29 is 0 Å². The van der Waals surface area contributed by atoms with E-state index >= 15 is 0 Å². The average Bonchev–Trinajstić information content (AvgIpc) is 2.65. The number of hydrogen-bond acceptors (Lipinski definition) is 8. The van der Waals surface area contributed by atoms with Crippen molar-refractivity contribution in [3.8, 4) is 0 Å². The Morgan fingerprint density at radius 2 is 0.731 bits per heavy atom. The molecule has 154 valence electrons. The van der Waals surface area contributed by atoms with Crippen molar-refractivity contribution >= 4 is 47.0 Å². The first-order chi connectivity index (χ1) is 12.9. The summed E-state index contributed by atoms with van der Waals surface area (Å²) in [5.74, 6) is 10.4. The maximum Gasteiger partial charge on any atom is 0.0108 e. The number of rotatable bonds is 0. The van der Waals surface area contributed by atoms with Crippen molar-refractivity contribution in [1.29, 1.82) is 0 Å². The van der Waals surface area contributed by atoms with Gasteiger partial charge in [-0.15, -0.1) is 0 Å². The van der Waals surface area contributed by atoms with Gasteiger partial charge in [-0.05, 0) is 0 Å². The van der Waals surface area contributed by atoms with E-state index in [4.69, 9.17) is 0 Å². The molecule has 0 radical (unpaired) electrons. The van der Waals surface area contributed by atoms with Crippen LogP contribution < -0.4 is 10.6 Å². The predicted molar refractivity (Wildman–Crippen MR) is 128 cm³/mol. The van der Waals surface area contributed by atoms with Crippen LogP contribution in [0.25, 0.3) is 0 Å². The van der Waals surface area contributed by atoms with Gasteiger partial charge in [0.25, 0.3) is 0 Å². The van der Waals surface area contributed by atoms with E-state index in [1.54, 1.807) is 0 Å². The summed E-state index contributed by atoms with van der Waals surface area (Å²) in [5.41, 5.74) is 0. The highest BCUT2D eigenvalue weighted by molar-refractivity contribution is 8.03. The van der Waals surface area contributed by atoms with E-state index in [-0.39, 0.29) is 0 Å². The highest BCUT2D eigenvalue weighted by atomic mass is 32.2. The van der Waals surface area contributed by atoms with Gasteiger partial charge in [0.1, 0.15) is 0 Å². The van der Waals surface area contributed by atoms with E-state index in [1.165, 1.54) is 85.3 Å². The summed E-state index contributed by atoms with van der Waals surface area (Å²) >= 11 is 8.58. The van der Waals surface area contributed by atoms with E-state index in [2.05, 4.69) is 67.5 Å². The molecule has 0 unspecified atom stereocenters. The maximum absolute atomic E-state index is 3.62. The zero-order valence-electron chi connectivity index (χ0n) is 16.3. The third-order valence-electron chi connectivity index (χ3n) is 4.64. The van der Waals surface area contributed by atoms with Crippen LogP contribution >= 0.6 is 47.0 Å². The first-order valence-corrected chi connectivity index (χ1v) is 14.7. The van der Waals surface area contributed by atoms with Crippen LogP contribution in [0, 0.1) is 0 Å². The largest absolute Gasteiger partial charge is 0.314 e. The average molecular weight is 439 g/mol. The zero-order chi connectivity index (χ0) is 18.1. The normalized spacial score (nSPS) is 30.5. The van der Waals surface area contributed by atoms with Crippen LogP contribution in [-0.4, -0.2) is 121 Å². The lowest BCUT2D eigenvalue weighted by Gasteiger charge is -2.24. The predicted octanol–water partition coefficient (Wildman–Crippen LogP) is 1.73. The molecule has 4 nitrogen and oxygen atoms in total. The Kier molecular flexibility index (Phi) is 15.5. The van der Waals surface area contributed by atoms with E-state index in [0.717, 1.165) is 26.2 Å². The van der Waals surface area contributed by atoms with E-state index in [0.29, 0.717) is 0 Å². The standard InChI is InChI=1S/C18H38N4S4/c1-2-20-4-6-22-9-13-25-17-15-23-11-7-21(5-3-19-1)8-12-24-16-18-26-14-10-22/h19-20H,1-18H2. The van der Waals surface area contributed by atoms with Gasteiger partial charge in [-0.2, -0.15) is 47.0 Å². The zero-order valence-corrected chi connectivity index (χ0v) is 19.5. The van der Waals surface area contributed by atoms with Crippen LogP contribution in [0.15, 0.2) is 0 Å². The minimum Gasteiger partial charge on any atom is -0.314 e. The highest BCUT2D eigenvalue weighted by Crippen LogP contribution is 2.11. The van der Waals surface area contributed by atoms with Crippen molar-refractivity contribution in [2.45, 2.75) is 0 Å². The number of nitrogens with zero attached hydrogens (tertiary/aromatic N) is 2. The fourth-order valence-corrected chi connectivity index (χ4v) is 7.24. The van der Waals surface area contributed by atoms with Gasteiger partial charge in [-0.3, -0.25) is 0 Å². The lowest BCUT2D eigenvalue weighted by Crippen LogP contribution is -2.39. The molecule has 2 bridgehead atoms. The van der Waals surface area contributed by atoms with E-state index in [1.807, 2.05) is 0 Å². The van der Waals surface area contributed by atoms with Gasteiger partial charge in [0, 0.05) is 111 Å². The van der Waals surface area contributed by atoms with Crippen LogP contribution in [0.1, 0.15) is 0 Å². The maximum atomic E-state index is 3.62. The lowest BCUT2D eigenvalue weighted by molar-refractivity contribution is 0.302. The Morgan fingerprint density at radius 1 is 0.385 bits per heavy atom. The molecule has 0 aromatic carbocycles. The molecule has 2 N–H and O–H groups in total. The molecule has 0 aromatic rings. The SMILES string of the molecule is C1CNCCN2CCSCCSCCN(CCN1)CCSCCSCC2. The third kappa shape index (κ3) is 12.6. The summed E-state index contributed by atoms with van der Waals surface area (Å²) in [6.07, 6.45) is 0. The van der Waals surface area contributed by atoms with Crippen LogP contribution in [0.5, 0.6) is 0 Å². The van der Waals surface area contributed by atoms with Crippen molar-refractivity contribution in [2.75, 3.05) is 111 Å². The fraction of sp³-hybridized carbons (Fsp3) is 1.00. The molecule has 0 saturated carbocycles. The first-order valence-electron chi connectivity index (χ1n) is 10.1. The van der Waals surface area contributed by atoms with Gasteiger partial charge >= 0.3 is 0 Å². The topological polar surface area (TPSA) is 30.5 Å². The van der Waals surface area contributed by atoms with Gasteiger partial charge in [0.15, 0.2) is 0 Å². The van der Waals surface area contributed by atoms with Crippen molar-refractivity contribution in [3.05, 3.63) is 0 Å². The molecule has 0 aromatic heterocycles. The minimum absolute atomic E-state index is 1.09. The molecule has 0 spiro atoms. The van der Waals surface area contributed by atoms with Gasteiger partial charge in [-0.1, -0.05) is 0 Å². The van der Waals surface area contributed by atoms with Gasteiger partial charge in [0.2, 0.25) is 0 Å². The Morgan fingerprint density at radius 3 is 1.08 bits per heavy atom. The molecule has 26 heavy (non-hydrogen) atoms. The number of fused-ring (bicyclic) bond motifs is 21. The second-order valence-corrected chi connectivity index (χ2v) is 11.5. The minimum atomic E-state index is 1.09. The van der Waals surface area contributed by atoms with Crippen molar-refractivity contribution in [1.82, 2.24) is 20.4 Å². The molecule has 3 aliphatic rings. The molecule has 8 heteroatoms. The Labute approximate surface area is 178 Å². The summed E-state index contributed by atoms with van der Waals surface area (Å²) in [6, 6.07) is 0. The summed E-state index contributed by atoms with van der Waals surface area (Å²) in [6.45, 7) is 11.8. The quantitative estimate of drug-likeness (QED) is 0.591. The summed E-state index contributed by atoms with van der Waals surface area (Å²) in [5, 5.41) is 7.24. The lowest BCUT2D eigenvalue weighted by atomic mass is 10.4. The molecule has 3 saturated heterocycles. The molecule has 3 heterocycles. The molecule has 3 rings (SSSR count). The summed E-state index contributed by atoms with van der Waals surface area (Å²) in [4.78, 5) is 5.34. The smallest absolute Gasteiger partial charge is 0.0108 e. The van der Waals surface area contributed by atoms with Gasteiger partial charge in [-0.25, -0.2) is 0 Å². The Hall–Kier alpha value is 1.24. The van der Waals surface area contributed by atoms with E-state index < -0.39 is 0 Å². The van der Waals surface area contributed by atoms with Gasteiger partial charge < -0.3 is 20.4 Å². The summed E-state index contributed by atoms with van der Waals surface area (Å²) < 4.78 is 0. The van der Waals surface area contributed by atoms with Crippen molar-refractivity contribution in [3.63, 3.8) is 0 Å². The molecule has 0 atom stereocenters. The van der Waals surface area contributed by atoms with Crippen molar-refractivity contribution in [2.24, 2.45) is 0 Å². The highest BCUT2D eigenvalue weighted by Gasteiger charge is 2.08. The Balaban J connectivity index is 1.87. The molecule has 0 aliphatic carbocycles. The third-order valence-corrected chi connectivity index (χ3v) is 9.01. The molecule has 0 amide bonds. The monoisotopic (exact) mass is 438 g/mol. The molecule has 3 aliphatic heterocycles. The number of nitrogens with one attached hydrogen (secondary N) is 2. The number of hydrogen-bond donors (Lipinski definition) is 2. The van der Waals surface area contributed by atoms with Crippen LogP contribution in [0.4, 0.5) is 0 Å². The van der Waals surface area contributed by atoms with Gasteiger partial charge in [0.05, 0.1) is 0 Å². The van der Waals surface area contributed by atoms with Crippen LogP contribution in [0.3, 0.4) is 0 Å². The summed E-state index contributed by atoms with van der Waals surface area (Å²) in [7, 11) is 0. The molecular weight excluding hydrogens is 400 g/mol. The van der Waals surface area contributed by atoms with Crippen LogP contribution in [0.2, 0.25) is 0 Å². The van der Waals surface area contributed by atoms with Crippen LogP contribution in [-0.2, 0) is 0 Å².